The number of amides is 1. The highest BCUT2D eigenvalue weighted by Gasteiger charge is 2.18. The van der Waals surface area contributed by atoms with Crippen molar-refractivity contribution < 1.29 is 9.53 Å². The molecule has 1 saturated heterocycles. The van der Waals surface area contributed by atoms with Gasteiger partial charge in [0, 0.05) is 18.5 Å². The summed E-state index contributed by atoms with van der Waals surface area (Å²) in [6, 6.07) is 0. The second kappa shape index (κ2) is 5.45. The molecular weight excluding hydrogens is 190 g/mol. The summed E-state index contributed by atoms with van der Waals surface area (Å²) in [5.41, 5.74) is 0. The van der Waals surface area contributed by atoms with Crippen LogP contribution in [0.1, 0.15) is 26.2 Å². The zero-order chi connectivity index (χ0) is 9.68. The van der Waals surface area contributed by atoms with Gasteiger partial charge in [-0.1, -0.05) is 0 Å². The van der Waals surface area contributed by atoms with E-state index in [1.165, 1.54) is 0 Å². The smallest absolute Gasteiger partial charge is 0.222 e. The molecule has 1 heterocycles. The van der Waals surface area contributed by atoms with Gasteiger partial charge in [-0.2, -0.15) is 0 Å². The van der Waals surface area contributed by atoms with Gasteiger partial charge < -0.3 is 10.1 Å². The third-order valence-corrected chi connectivity index (χ3v) is 2.17. The highest BCUT2D eigenvalue weighted by Crippen LogP contribution is 2.14. The maximum atomic E-state index is 11.3. The van der Waals surface area contributed by atoms with Crippen LogP contribution in [0.3, 0.4) is 0 Å². The van der Waals surface area contributed by atoms with Crippen molar-refractivity contribution in [3.05, 3.63) is 0 Å². The summed E-state index contributed by atoms with van der Waals surface area (Å²) in [7, 11) is 0. The summed E-state index contributed by atoms with van der Waals surface area (Å²) in [5.74, 6) is 0.0411. The first kappa shape index (κ1) is 10.8. The van der Waals surface area contributed by atoms with Crippen molar-refractivity contribution in [1.82, 2.24) is 5.32 Å². The lowest BCUT2D eigenvalue weighted by Gasteiger charge is -2.10. The van der Waals surface area contributed by atoms with Crippen LogP contribution in [0.5, 0.6) is 0 Å². The minimum absolute atomic E-state index is 0.00607. The van der Waals surface area contributed by atoms with Gasteiger partial charge in [-0.3, -0.25) is 4.79 Å². The van der Waals surface area contributed by atoms with Gasteiger partial charge in [0.25, 0.3) is 0 Å². The lowest BCUT2D eigenvalue weighted by Crippen LogP contribution is -2.31. The van der Waals surface area contributed by atoms with E-state index >= 15 is 0 Å². The molecule has 0 bridgehead atoms. The number of carbonyl (C=O) groups is 1. The fraction of sp³-hybridized carbons (Fsp3) is 0.889. The molecule has 76 valence electrons. The first-order valence-electron chi connectivity index (χ1n) is 4.71. The molecule has 0 radical (unpaired) electrons. The molecule has 2 atom stereocenters. The van der Waals surface area contributed by atoms with E-state index in [1.807, 2.05) is 6.92 Å². The topological polar surface area (TPSA) is 38.3 Å². The zero-order valence-electron chi connectivity index (χ0n) is 7.88. The maximum Gasteiger partial charge on any atom is 0.222 e. The fourth-order valence-electron chi connectivity index (χ4n) is 1.34. The number of ether oxygens (including phenoxy) is 1. The lowest BCUT2D eigenvalue weighted by atomic mass is 10.2. The van der Waals surface area contributed by atoms with Gasteiger partial charge in [0.2, 0.25) is 5.91 Å². The van der Waals surface area contributed by atoms with E-state index in [4.69, 9.17) is 16.3 Å². The molecule has 0 aliphatic carbocycles. The van der Waals surface area contributed by atoms with Crippen molar-refractivity contribution in [2.45, 2.75) is 37.7 Å². The first-order valence-corrected chi connectivity index (χ1v) is 5.14. The number of halogens is 1. The minimum atomic E-state index is -0.00607. The van der Waals surface area contributed by atoms with Gasteiger partial charge in [-0.05, 0) is 19.8 Å². The summed E-state index contributed by atoms with van der Waals surface area (Å²) < 4.78 is 5.34. The van der Waals surface area contributed by atoms with Crippen molar-refractivity contribution in [2.75, 3.05) is 13.2 Å². The molecule has 1 N–H and O–H groups in total. The number of hydrogen-bond donors (Lipinski definition) is 1. The van der Waals surface area contributed by atoms with Crippen LogP contribution in [0.15, 0.2) is 0 Å². The van der Waals surface area contributed by atoms with Crippen molar-refractivity contribution in [1.29, 1.82) is 0 Å². The van der Waals surface area contributed by atoms with E-state index < -0.39 is 0 Å². The molecule has 0 aromatic rings. The van der Waals surface area contributed by atoms with Crippen molar-refractivity contribution in [2.24, 2.45) is 0 Å². The van der Waals surface area contributed by atoms with Crippen LogP contribution in [0, 0.1) is 0 Å². The lowest BCUT2D eigenvalue weighted by molar-refractivity contribution is -0.123. The molecule has 1 aliphatic rings. The predicted octanol–water partition coefficient (Wildman–Crippen LogP) is 1.30. The predicted molar refractivity (Wildman–Crippen MR) is 51.9 cm³/mol. The Morgan fingerprint density at radius 3 is 3.08 bits per heavy atom. The van der Waals surface area contributed by atoms with E-state index in [2.05, 4.69) is 5.32 Å². The first-order chi connectivity index (χ1) is 6.18. The molecule has 0 saturated carbocycles. The summed E-state index contributed by atoms with van der Waals surface area (Å²) in [5, 5.41) is 2.75. The van der Waals surface area contributed by atoms with Crippen molar-refractivity contribution in [3.63, 3.8) is 0 Å². The van der Waals surface area contributed by atoms with E-state index in [9.17, 15) is 4.79 Å². The number of alkyl halides is 1. The van der Waals surface area contributed by atoms with Gasteiger partial charge in [0.1, 0.15) is 0 Å². The third-order valence-electron chi connectivity index (χ3n) is 2.02. The van der Waals surface area contributed by atoms with Gasteiger partial charge in [0.15, 0.2) is 0 Å². The highest BCUT2D eigenvalue weighted by molar-refractivity contribution is 6.20. The second-order valence-corrected chi connectivity index (χ2v) is 4.17. The van der Waals surface area contributed by atoms with E-state index in [0.29, 0.717) is 13.0 Å². The fourth-order valence-corrected chi connectivity index (χ4v) is 1.42. The Balaban J connectivity index is 2.09. The Bertz CT molecular complexity index is 167. The Morgan fingerprint density at radius 2 is 2.54 bits per heavy atom. The molecule has 3 nitrogen and oxygen atoms in total. The van der Waals surface area contributed by atoms with Crippen molar-refractivity contribution in [3.8, 4) is 0 Å². The SMILES string of the molecule is CC(Cl)CNC(=O)CC1CCCO1. The number of carbonyl (C=O) groups excluding carboxylic acids is 1. The third kappa shape index (κ3) is 4.48. The zero-order valence-corrected chi connectivity index (χ0v) is 8.64. The molecule has 13 heavy (non-hydrogen) atoms. The standard InChI is InChI=1S/C9H16ClNO2/c1-7(10)6-11-9(12)5-8-3-2-4-13-8/h7-8H,2-6H2,1H3,(H,11,12). The van der Waals surface area contributed by atoms with Gasteiger partial charge in [0.05, 0.1) is 12.5 Å². The molecule has 1 fully saturated rings. The monoisotopic (exact) mass is 205 g/mol. The molecule has 0 aromatic heterocycles. The van der Waals surface area contributed by atoms with Crippen LogP contribution in [-0.4, -0.2) is 30.5 Å². The average molecular weight is 206 g/mol. The van der Waals surface area contributed by atoms with Crippen LogP contribution >= 0.6 is 11.6 Å². The Morgan fingerprint density at radius 1 is 1.77 bits per heavy atom. The van der Waals surface area contributed by atoms with Gasteiger partial charge >= 0.3 is 0 Å². The van der Waals surface area contributed by atoms with E-state index in [-0.39, 0.29) is 17.4 Å². The summed E-state index contributed by atoms with van der Waals surface area (Å²) in [4.78, 5) is 11.3. The van der Waals surface area contributed by atoms with Crippen molar-refractivity contribution >= 4 is 17.5 Å². The van der Waals surface area contributed by atoms with E-state index in [1.54, 1.807) is 0 Å². The summed E-state index contributed by atoms with van der Waals surface area (Å²) >= 11 is 5.69. The minimum Gasteiger partial charge on any atom is -0.378 e. The van der Waals surface area contributed by atoms with E-state index in [0.717, 1.165) is 19.4 Å². The van der Waals surface area contributed by atoms with Crippen LogP contribution in [-0.2, 0) is 9.53 Å². The van der Waals surface area contributed by atoms with Gasteiger partial charge in [-0.25, -0.2) is 0 Å². The van der Waals surface area contributed by atoms with Crippen LogP contribution in [0.4, 0.5) is 0 Å². The normalized spacial score (nSPS) is 24.3. The van der Waals surface area contributed by atoms with Crippen LogP contribution < -0.4 is 5.32 Å². The Kier molecular flexibility index (Phi) is 4.53. The highest BCUT2D eigenvalue weighted by atomic mass is 35.5. The molecule has 1 aliphatic heterocycles. The molecule has 0 spiro atoms. The van der Waals surface area contributed by atoms with Crippen LogP contribution in [0.25, 0.3) is 0 Å². The second-order valence-electron chi connectivity index (χ2n) is 3.42. The molecule has 1 amide bonds. The number of hydrogen-bond acceptors (Lipinski definition) is 2. The van der Waals surface area contributed by atoms with Gasteiger partial charge in [-0.15, -0.1) is 11.6 Å². The Hall–Kier alpha value is -0.280. The largest absolute Gasteiger partial charge is 0.378 e. The molecule has 2 unspecified atom stereocenters. The molecular formula is C9H16ClNO2. The molecule has 4 heteroatoms. The van der Waals surface area contributed by atoms with Crippen LogP contribution in [0.2, 0.25) is 0 Å². The Labute approximate surface area is 83.8 Å². The molecule has 0 aromatic carbocycles. The average Bonchev–Trinajstić information content (AvgIpc) is 2.53. The number of rotatable bonds is 4. The molecule has 1 rings (SSSR count). The number of nitrogens with one attached hydrogen (secondary N) is 1. The maximum absolute atomic E-state index is 11.3. The summed E-state index contributed by atoms with van der Waals surface area (Å²) in [6.45, 7) is 3.19. The quantitative estimate of drug-likeness (QED) is 0.703. The summed E-state index contributed by atoms with van der Waals surface area (Å²) in [6.07, 6.45) is 2.68.